The number of halogens is 2. The van der Waals surface area contributed by atoms with Crippen molar-refractivity contribution in [1.82, 2.24) is 20.0 Å². The van der Waals surface area contributed by atoms with Gasteiger partial charge in [0.1, 0.15) is 15.6 Å². The minimum atomic E-state index is -0.819. The number of imide groups is 1. The lowest BCUT2D eigenvalue weighted by Crippen LogP contribution is -2.36. The van der Waals surface area contributed by atoms with Crippen molar-refractivity contribution in [2.45, 2.75) is 31.8 Å². The van der Waals surface area contributed by atoms with E-state index in [0.29, 0.717) is 35.0 Å². The number of rotatable bonds is 4. The lowest BCUT2D eigenvalue weighted by Gasteiger charge is -2.19. The second kappa shape index (κ2) is 5.88. The van der Waals surface area contributed by atoms with E-state index < -0.39 is 17.1 Å². The van der Waals surface area contributed by atoms with Crippen LogP contribution in [0.1, 0.15) is 24.8 Å². The van der Waals surface area contributed by atoms with Gasteiger partial charge in [-0.1, -0.05) is 22.9 Å². The van der Waals surface area contributed by atoms with E-state index in [0.717, 1.165) is 6.07 Å². The second-order valence-electron chi connectivity index (χ2n) is 6.21. The zero-order valence-corrected chi connectivity index (χ0v) is 15.3. The van der Waals surface area contributed by atoms with E-state index in [-0.39, 0.29) is 23.5 Å². The maximum atomic E-state index is 13.3. The third kappa shape index (κ3) is 2.38. The summed E-state index contributed by atoms with van der Waals surface area (Å²) in [6, 6.07) is 2.19. The maximum absolute atomic E-state index is 13.3. The molecule has 1 saturated heterocycles. The molecule has 2 aromatic rings. The van der Waals surface area contributed by atoms with Gasteiger partial charge in [-0.15, -0.1) is 10.2 Å². The first-order chi connectivity index (χ1) is 12.4. The Hall–Kier alpha value is -2.26. The molecule has 2 aliphatic rings. The summed E-state index contributed by atoms with van der Waals surface area (Å²) in [7, 11) is 0. The number of amides is 3. The molecular weight excluding hydrogens is 383 g/mol. The van der Waals surface area contributed by atoms with Crippen LogP contribution in [0.5, 0.6) is 5.75 Å². The Morgan fingerprint density at radius 2 is 2.08 bits per heavy atom. The molecule has 2 heterocycles. The number of aromatic nitrogens is 2. The van der Waals surface area contributed by atoms with Crippen LogP contribution in [0.4, 0.5) is 9.18 Å². The highest BCUT2D eigenvalue weighted by molar-refractivity contribution is 7.14. The molecule has 26 heavy (non-hydrogen) atoms. The quantitative estimate of drug-likeness (QED) is 0.803. The first kappa shape index (κ1) is 17.2. The number of hydrogen-bond donors (Lipinski definition) is 1. The van der Waals surface area contributed by atoms with Crippen molar-refractivity contribution in [2.75, 3.05) is 6.54 Å². The van der Waals surface area contributed by atoms with E-state index in [1.807, 2.05) is 0 Å². The third-order valence-electron chi connectivity index (χ3n) is 4.72. The van der Waals surface area contributed by atoms with Gasteiger partial charge in [-0.05, 0) is 31.9 Å². The molecule has 0 unspecified atom stereocenters. The van der Waals surface area contributed by atoms with E-state index in [1.165, 1.54) is 22.3 Å². The van der Waals surface area contributed by atoms with Crippen LogP contribution in [0.3, 0.4) is 0 Å². The monoisotopic (exact) mass is 396 g/mol. The molecule has 1 saturated carbocycles. The standard InChI is InChI=1S/C16H14ClFN4O3S/c1-2-21-14(24)16(5-6-16)22(15(21)25)7-10-19-20-13(26-10)8-3-4-9(18)12(23)11(8)17/h3-4,23H,2,5-7H2,1H3. The molecule has 1 aromatic heterocycles. The van der Waals surface area contributed by atoms with Crippen molar-refractivity contribution in [3.63, 3.8) is 0 Å². The average Bonchev–Trinajstić information content (AvgIpc) is 3.25. The molecule has 0 bridgehead atoms. The number of phenolic OH excluding ortho intramolecular Hbond substituents is 1. The molecule has 10 heteroatoms. The molecule has 1 spiro atoms. The van der Waals surface area contributed by atoms with Gasteiger partial charge in [0.15, 0.2) is 11.6 Å². The van der Waals surface area contributed by atoms with Gasteiger partial charge in [0.2, 0.25) is 0 Å². The van der Waals surface area contributed by atoms with Crippen LogP contribution in [0.15, 0.2) is 12.1 Å². The number of benzene rings is 1. The number of likely N-dealkylation sites (N-methyl/N-ethyl adjacent to an activating group) is 1. The van der Waals surface area contributed by atoms with Crippen molar-refractivity contribution in [1.29, 1.82) is 0 Å². The first-order valence-corrected chi connectivity index (χ1v) is 9.22. The summed E-state index contributed by atoms with van der Waals surface area (Å²) < 4.78 is 13.3. The Balaban J connectivity index is 1.61. The highest BCUT2D eigenvalue weighted by atomic mass is 35.5. The Morgan fingerprint density at radius 3 is 2.73 bits per heavy atom. The smallest absolute Gasteiger partial charge is 0.328 e. The van der Waals surface area contributed by atoms with E-state index in [2.05, 4.69) is 10.2 Å². The van der Waals surface area contributed by atoms with E-state index >= 15 is 0 Å². The summed E-state index contributed by atoms with van der Waals surface area (Å²) >= 11 is 7.16. The molecule has 1 N–H and O–H groups in total. The Kier molecular flexibility index (Phi) is 3.89. The van der Waals surface area contributed by atoms with Gasteiger partial charge in [0.05, 0.1) is 11.6 Å². The number of hydrogen-bond acceptors (Lipinski definition) is 6. The number of carbonyl (C=O) groups excluding carboxylic acids is 2. The van der Waals surface area contributed by atoms with Crippen LogP contribution in [-0.2, 0) is 11.3 Å². The molecule has 136 valence electrons. The number of aromatic hydroxyl groups is 1. The zero-order valence-electron chi connectivity index (χ0n) is 13.7. The minimum absolute atomic E-state index is 0.143. The van der Waals surface area contributed by atoms with Gasteiger partial charge in [-0.2, -0.15) is 0 Å². The van der Waals surface area contributed by atoms with E-state index in [9.17, 15) is 19.1 Å². The third-order valence-corrected chi connectivity index (χ3v) is 6.04. The van der Waals surface area contributed by atoms with Crippen LogP contribution < -0.4 is 0 Å². The van der Waals surface area contributed by atoms with Crippen molar-refractivity contribution in [2.24, 2.45) is 0 Å². The highest BCUT2D eigenvalue weighted by Gasteiger charge is 2.64. The fraction of sp³-hybridized carbons (Fsp3) is 0.375. The summed E-state index contributed by atoms with van der Waals surface area (Å²) in [4.78, 5) is 27.7. The maximum Gasteiger partial charge on any atom is 0.328 e. The molecule has 1 aliphatic heterocycles. The van der Waals surface area contributed by atoms with Gasteiger partial charge in [0.25, 0.3) is 5.91 Å². The van der Waals surface area contributed by atoms with E-state index in [1.54, 1.807) is 11.8 Å². The number of nitrogens with zero attached hydrogens (tertiary/aromatic N) is 4. The van der Waals surface area contributed by atoms with Crippen LogP contribution in [-0.4, -0.2) is 49.1 Å². The van der Waals surface area contributed by atoms with Gasteiger partial charge >= 0.3 is 6.03 Å². The largest absolute Gasteiger partial charge is 0.504 e. The minimum Gasteiger partial charge on any atom is -0.504 e. The van der Waals surface area contributed by atoms with Crippen LogP contribution in [0, 0.1) is 5.82 Å². The Bertz CT molecular complexity index is 930. The van der Waals surface area contributed by atoms with Gasteiger partial charge < -0.3 is 10.0 Å². The number of phenols is 1. The second-order valence-corrected chi connectivity index (χ2v) is 7.65. The van der Waals surface area contributed by atoms with Crippen LogP contribution in [0.2, 0.25) is 5.02 Å². The van der Waals surface area contributed by atoms with Crippen molar-refractivity contribution >= 4 is 34.9 Å². The van der Waals surface area contributed by atoms with Gasteiger partial charge in [0, 0.05) is 12.1 Å². The molecule has 7 nitrogen and oxygen atoms in total. The average molecular weight is 397 g/mol. The number of urea groups is 1. The van der Waals surface area contributed by atoms with Gasteiger partial charge in [-0.25, -0.2) is 9.18 Å². The summed E-state index contributed by atoms with van der Waals surface area (Å²) in [6.07, 6.45) is 1.30. The summed E-state index contributed by atoms with van der Waals surface area (Å²) in [5.41, 5.74) is -0.375. The Labute approximate surface area is 157 Å². The summed E-state index contributed by atoms with van der Waals surface area (Å²) in [5.74, 6) is -1.61. The molecule has 0 atom stereocenters. The summed E-state index contributed by atoms with van der Waals surface area (Å²) in [5, 5.41) is 18.5. The SMILES string of the molecule is CCN1C(=O)N(Cc2nnc(-c3ccc(F)c(O)c3Cl)s2)C2(CC2)C1=O. The van der Waals surface area contributed by atoms with Crippen molar-refractivity contribution in [3.8, 4) is 16.3 Å². The molecular formula is C16H14ClFN4O3S. The summed E-state index contributed by atoms with van der Waals surface area (Å²) in [6.45, 7) is 2.27. The predicted octanol–water partition coefficient (Wildman–Crippen LogP) is 3.02. The van der Waals surface area contributed by atoms with Crippen molar-refractivity contribution in [3.05, 3.63) is 28.0 Å². The fourth-order valence-corrected chi connectivity index (χ4v) is 4.31. The molecule has 3 amide bonds. The molecule has 0 radical (unpaired) electrons. The van der Waals surface area contributed by atoms with E-state index in [4.69, 9.17) is 11.6 Å². The topological polar surface area (TPSA) is 86.6 Å². The molecule has 1 aromatic carbocycles. The molecule has 1 aliphatic carbocycles. The zero-order chi connectivity index (χ0) is 18.6. The first-order valence-electron chi connectivity index (χ1n) is 8.02. The molecule has 4 rings (SSSR count). The Morgan fingerprint density at radius 1 is 1.35 bits per heavy atom. The number of carbonyl (C=O) groups is 2. The van der Waals surface area contributed by atoms with Crippen LogP contribution in [0.25, 0.3) is 10.6 Å². The lowest BCUT2D eigenvalue weighted by molar-refractivity contribution is -0.129. The normalized spacial score (nSPS) is 18.3. The predicted molar refractivity (Wildman–Crippen MR) is 92.3 cm³/mol. The van der Waals surface area contributed by atoms with Gasteiger partial charge in [-0.3, -0.25) is 9.69 Å². The fourth-order valence-electron chi connectivity index (χ4n) is 3.15. The molecule has 2 fully saturated rings. The lowest BCUT2D eigenvalue weighted by atomic mass is 10.2. The van der Waals surface area contributed by atoms with Crippen molar-refractivity contribution < 1.29 is 19.1 Å². The highest BCUT2D eigenvalue weighted by Crippen LogP contribution is 2.49. The van der Waals surface area contributed by atoms with Crippen LogP contribution >= 0.6 is 22.9 Å².